The summed E-state index contributed by atoms with van der Waals surface area (Å²) in [4.78, 5) is 0. The summed E-state index contributed by atoms with van der Waals surface area (Å²) in [5, 5.41) is 0. The Kier molecular flexibility index (Phi) is 3.80. The van der Waals surface area contributed by atoms with Gasteiger partial charge in [-0.25, -0.2) is 0 Å². The molecule has 0 aliphatic heterocycles. The summed E-state index contributed by atoms with van der Waals surface area (Å²) in [6.45, 7) is 8.31. The van der Waals surface area contributed by atoms with E-state index in [1.165, 1.54) is 0 Å². The van der Waals surface area contributed by atoms with Gasteiger partial charge in [-0.15, -0.1) is 0 Å². The summed E-state index contributed by atoms with van der Waals surface area (Å²) in [6.07, 6.45) is 0. The van der Waals surface area contributed by atoms with E-state index in [0.29, 0.717) is 11.3 Å². The van der Waals surface area contributed by atoms with E-state index in [4.69, 9.17) is 22.5 Å². The second-order valence-electron chi connectivity index (χ2n) is 2.79. The molecule has 0 heterocycles. The van der Waals surface area contributed by atoms with Gasteiger partial charge in [0, 0.05) is 0 Å². The first-order chi connectivity index (χ1) is 3.89. The van der Waals surface area contributed by atoms with Crippen LogP contribution in [0.1, 0.15) is 27.7 Å². The molecule has 0 aromatic heterocycles. The van der Waals surface area contributed by atoms with E-state index in [1.54, 1.807) is 0 Å². The summed E-state index contributed by atoms with van der Waals surface area (Å²) in [6, 6.07) is 0. The number of hydrogen-bond acceptors (Lipinski definition) is 0. The lowest BCUT2D eigenvalue weighted by atomic mass is 10.5. The van der Waals surface area contributed by atoms with Crippen LogP contribution < -0.4 is 0 Å². The van der Waals surface area contributed by atoms with Crippen LogP contribution in [0.2, 0.25) is 0 Å². The maximum atomic E-state index is 6.08. The Bertz CT molecular complexity index is 79.1. The SMILES string of the molecule is CC(C)[P+](Cl)(Cl)C(C)C. The van der Waals surface area contributed by atoms with Gasteiger partial charge in [0.25, 0.3) is 0 Å². The average Bonchev–Trinajstić information content (AvgIpc) is 1.65. The van der Waals surface area contributed by atoms with Crippen molar-refractivity contribution in [1.82, 2.24) is 0 Å². The molecule has 0 N–H and O–H groups in total. The van der Waals surface area contributed by atoms with Crippen LogP contribution in [0.15, 0.2) is 0 Å². The predicted molar refractivity (Wildman–Crippen MR) is 48.9 cm³/mol. The summed E-state index contributed by atoms with van der Waals surface area (Å²) in [5.41, 5.74) is 0.863. The first kappa shape index (κ1) is 10.0. The third-order valence-electron chi connectivity index (χ3n) is 1.38. The normalized spacial score (nSPS) is 13.3. The van der Waals surface area contributed by atoms with E-state index in [2.05, 4.69) is 27.7 Å². The van der Waals surface area contributed by atoms with Gasteiger partial charge in [0.15, 0.2) is 0 Å². The zero-order valence-electron chi connectivity index (χ0n) is 6.36. The third kappa shape index (κ3) is 2.62. The molecular formula is C6H14Cl2P+. The molecule has 0 aromatic rings. The molecular weight excluding hydrogens is 174 g/mol. The van der Waals surface area contributed by atoms with Crippen molar-refractivity contribution in [3.05, 3.63) is 0 Å². The predicted octanol–water partition coefficient (Wildman–Crippen LogP) is 4.13. The maximum Gasteiger partial charge on any atom is 0.216 e. The van der Waals surface area contributed by atoms with E-state index in [0.717, 1.165) is 0 Å². The summed E-state index contributed by atoms with van der Waals surface area (Å²) >= 11 is 12.2. The molecule has 0 rings (SSSR count). The van der Waals surface area contributed by atoms with E-state index in [1.807, 2.05) is 0 Å². The first-order valence-corrected chi connectivity index (χ1v) is 6.90. The van der Waals surface area contributed by atoms with Gasteiger partial charge in [-0.2, -0.15) is 0 Å². The Hall–Kier alpha value is 1.01. The van der Waals surface area contributed by atoms with Crippen LogP contribution >= 0.6 is 28.4 Å². The van der Waals surface area contributed by atoms with Crippen LogP contribution in [0.4, 0.5) is 0 Å². The molecule has 9 heavy (non-hydrogen) atoms. The molecule has 0 aliphatic rings. The fourth-order valence-electron chi connectivity index (χ4n) is 0.596. The Balaban J connectivity index is 4.01. The second-order valence-corrected chi connectivity index (χ2v) is 9.94. The molecule has 0 aliphatic carbocycles. The van der Waals surface area contributed by atoms with Crippen LogP contribution in [0.3, 0.4) is 0 Å². The van der Waals surface area contributed by atoms with Gasteiger partial charge >= 0.3 is 0 Å². The molecule has 3 heteroatoms. The molecule has 56 valence electrons. The van der Waals surface area contributed by atoms with E-state index >= 15 is 0 Å². The molecule has 0 nitrogen and oxygen atoms in total. The van der Waals surface area contributed by atoms with Gasteiger partial charge in [0.05, 0.1) is 11.3 Å². The summed E-state index contributed by atoms with van der Waals surface area (Å²) in [5.74, 6) is -1.64. The van der Waals surface area contributed by atoms with Crippen molar-refractivity contribution < 1.29 is 0 Å². The third-order valence-corrected chi connectivity index (χ3v) is 8.82. The van der Waals surface area contributed by atoms with E-state index < -0.39 is 5.97 Å². The minimum Gasteiger partial charge on any atom is -0.0256 e. The molecule has 0 bridgehead atoms. The minimum atomic E-state index is -1.64. The fraction of sp³-hybridized carbons (Fsp3) is 1.00. The summed E-state index contributed by atoms with van der Waals surface area (Å²) in [7, 11) is 0. The van der Waals surface area contributed by atoms with Crippen molar-refractivity contribution in [2.24, 2.45) is 0 Å². The zero-order chi connectivity index (χ0) is 7.65. The minimum absolute atomic E-state index is 0.431. The van der Waals surface area contributed by atoms with Crippen molar-refractivity contribution in [2.45, 2.75) is 39.0 Å². The highest BCUT2D eigenvalue weighted by Gasteiger charge is 2.42. The standard InChI is InChI=1S/C6H14Cl2P/c1-5(2)9(7,8)6(3)4/h5-6H,1-4H3/q+1. The Labute approximate surface area is 67.8 Å². The van der Waals surface area contributed by atoms with Gasteiger partial charge in [-0.3, -0.25) is 0 Å². The van der Waals surface area contributed by atoms with E-state index in [9.17, 15) is 0 Å². The van der Waals surface area contributed by atoms with Crippen LogP contribution in [-0.4, -0.2) is 11.3 Å². The molecule has 0 saturated heterocycles. The van der Waals surface area contributed by atoms with E-state index in [-0.39, 0.29) is 0 Å². The topological polar surface area (TPSA) is 0 Å². The highest BCUT2D eigenvalue weighted by Crippen LogP contribution is 2.75. The largest absolute Gasteiger partial charge is 0.216 e. The molecule has 0 atom stereocenters. The fourth-order valence-corrected chi connectivity index (χ4v) is 1.79. The van der Waals surface area contributed by atoms with Gasteiger partial charge in [-0.05, 0) is 27.7 Å². The van der Waals surface area contributed by atoms with Crippen LogP contribution in [0, 0.1) is 0 Å². The first-order valence-electron chi connectivity index (χ1n) is 3.16. The monoisotopic (exact) mass is 187 g/mol. The molecule has 0 spiro atoms. The number of hydrogen-bond donors (Lipinski definition) is 0. The van der Waals surface area contributed by atoms with Crippen molar-refractivity contribution in [2.75, 3.05) is 0 Å². The molecule has 0 amide bonds. The van der Waals surface area contributed by atoms with Crippen LogP contribution in [0.25, 0.3) is 0 Å². The van der Waals surface area contributed by atoms with Gasteiger partial charge in [-0.1, -0.05) is 0 Å². The van der Waals surface area contributed by atoms with Crippen LogP contribution in [-0.2, 0) is 0 Å². The smallest absolute Gasteiger partial charge is 0.0256 e. The van der Waals surface area contributed by atoms with Gasteiger partial charge in [0.1, 0.15) is 22.5 Å². The van der Waals surface area contributed by atoms with Crippen molar-refractivity contribution >= 4 is 28.4 Å². The van der Waals surface area contributed by atoms with Gasteiger partial charge < -0.3 is 0 Å². The average molecular weight is 188 g/mol. The molecule has 0 saturated carbocycles. The summed E-state index contributed by atoms with van der Waals surface area (Å²) < 4.78 is 0. The highest BCUT2D eigenvalue weighted by atomic mass is 35.9. The number of halogens is 2. The highest BCUT2D eigenvalue weighted by molar-refractivity contribution is 8.18. The quantitative estimate of drug-likeness (QED) is 0.571. The van der Waals surface area contributed by atoms with Crippen LogP contribution in [0.5, 0.6) is 0 Å². The van der Waals surface area contributed by atoms with Crippen molar-refractivity contribution in [3.63, 3.8) is 0 Å². The lowest BCUT2D eigenvalue weighted by Crippen LogP contribution is -2.04. The maximum absolute atomic E-state index is 6.08. The van der Waals surface area contributed by atoms with Gasteiger partial charge in [0.2, 0.25) is 5.97 Å². The molecule has 0 unspecified atom stereocenters. The zero-order valence-corrected chi connectivity index (χ0v) is 8.76. The Morgan fingerprint density at radius 2 is 1.11 bits per heavy atom. The molecule has 0 aromatic carbocycles. The lowest BCUT2D eigenvalue weighted by molar-refractivity contribution is 1.02. The number of rotatable bonds is 2. The lowest BCUT2D eigenvalue weighted by Gasteiger charge is -2.17. The van der Waals surface area contributed by atoms with Crippen molar-refractivity contribution in [3.8, 4) is 0 Å². The second kappa shape index (κ2) is 3.42. The Morgan fingerprint density at radius 1 is 0.889 bits per heavy atom. The molecule has 0 radical (unpaired) electrons. The van der Waals surface area contributed by atoms with Crippen molar-refractivity contribution in [1.29, 1.82) is 0 Å². The Morgan fingerprint density at radius 3 is 1.11 bits per heavy atom. The molecule has 0 fully saturated rings.